The summed E-state index contributed by atoms with van der Waals surface area (Å²) in [7, 11) is 0. The lowest BCUT2D eigenvalue weighted by molar-refractivity contribution is -0.137. The summed E-state index contributed by atoms with van der Waals surface area (Å²) in [6, 6.07) is 13.0. The van der Waals surface area contributed by atoms with Crippen LogP contribution in [0.25, 0.3) is 0 Å². The van der Waals surface area contributed by atoms with Gasteiger partial charge in [0.25, 0.3) is 5.91 Å². The molecule has 0 bridgehead atoms. The van der Waals surface area contributed by atoms with Crippen LogP contribution >= 0.6 is 23.2 Å². The number of hydrogen-bond acceptors (Lipinski definition) is 2. The third-order valence-electron chi connectivity index (χ3n) is 4.84. The Balaban J connectivity index is 1.68. The standard InChI is InChI=1S/C24H19Cl2F4N3O2/c25-16-5-10-20(21(26)14-16)22(34)31-11-2-12-33(19-8-6-17(27)7-9-19)23(35)32-18-4-1-3-15(13-18)24(28,29)30/h1,3-10,13-14H,2,11-12H2,(H,31,34)(H,32,35). The summed E-state index contributed by atoms with van der Waals surface area (Å²) in [6.07, 6.45) is -4.28. The summed E-state index contributed by atoms with van der Waals surface area (Å²) in [5.41, 5.74) is -0.411. The van der Waals surface area contributed by atoms with E-state index in [0.717, 1.165) is 24.3 Å². The van der Waals surface area contributed by atoms with Gasteiger partial charge in [0.05, 0.1) is 16.1 Å². The first-order chi connectivity index (χ1) is 16.5. The van der Waals surface area contributed by atoms with Crippen LogP contribution in [0.4, 0.5) is 33.7 Å². The molecule has 0 heterocycles. The number of halogens is 6. The van der Waals surface area contributed by atoms with Gasteiger partial charge in [0.1, 0.15) is 5.82 Å². The van der Waals surface area contributed by atoms with Gasteiger partial charge in [-0.15, -0.1) is 0 Å². The molecule has 2 N–H and O–H groups in total. The molecule has 3 rings (SSSR count). The molecule has 3 aromatic carbocycles. The zero-order valence-electron chi connectivity index (χ0n) is 18.0. The predicted octanol–water partition coefficient (Wildman–Crippen LogP) is 7.01. The second-order valence-electron chi connectivity index (χ2n) is 7.37. The van der Waals surface area contributed by atoms with Crippen molar-refractivity contribution in [3.8, 4) is 0 Å². The maximum atomic E-state index is 13.4. The number of hydrogen-bond donors (Lipinski definition) is 2. The Kier molecular flexibility index (Phi) is 8.58. The van der Waals surface area contributed by atoms with Crippen molar-refractivity contribution in [2.45, 2.75) is 12.6 Å². The van der Waals surface area contributed by atoms with Gasteiger partial charge in [-0.25, -0.2) is 9.18 Å². The molecule has 0 spiro atoms. The van der Waals surface area contributed by atoms with Crippen molar-refractivity contribution >= 4 is 46.5 Å². The van der Waals surface area contributed by atoms with Crippen molar-refractivity contribution in [1.82, 2.24) is 5.32 Å². The predicted molar refractivity (Wildman–Crippen MR) is 128 cm³/mol. The minimum atomic E-state index is -4.57. The smallest absolute Gasteiger partial charge is 0.352 e. The molecule has 3 amide bonds. The van der Waals surface area contributed by atoms with Gasteiger partial charge >= 0.3 is 12.2 Å². The van der Waals surface area contributed by atoms with Crippen LogP contribution in [0.15, 0.2) is 66.7 Å². The Morgan fingerprint density at radius 3 is 2.31 bits per heavy atom. The van der Waals surface area contributed by atoms with Crippen molar-refractivity contribution in [3.63, 3.8) is 0 Å². The summed E-state index contributed by atoms with van der Waals surface area (Å²) < 4.78 is 52.4. The number of rotatable bonds is 7. The van der Waals surface area contributed by atoms with Crippen LogP contribution in [0.2, 0.25) is 10.0 Å². The fourth-order valence-electron chi connectivity index (χ4n) is 3.14. The molecular weight excluding hydrogens is 509 g/mol. The van der Waals surface area contributed by atoms with Crippen molar-refractivity contribution in [1.29, 1.82) is 0 Å². The molecule has 0 radical (unpaired) electrons. The SMILES string of the molecule is O=C(NCCCN(C(=O)Nc1cccc(C(F)(F)F)c1)c1ccc(F)cc1)c1ccc(Cl)cc1Cl. The molecule has 0 unspecified atom stereocenters. The molecule has 3 aromatic rings. The van der Waals surface area contributed by atoms with Crippen molar-refractivity contribution in [2.24, 2.45) is 0 Å². The maximum absolute atomic E-state index is 13.4. The zero-order chi connectivity index (χ0) is 25.6. The summed E-state index contributed by atoms with van der Waals surface area (Å²) in [5.74, 6) is -0.951. The highest BCUT2D eigenvalue weighted by Gasteiger charge is 2.30. The third-order valence-corrected chi connectivity index (χ3v) is 5.39. The van der Waals surface area contributed by atoms with Gasteiger partial charge in [0.15, 0.2) is 0 Å². The number of nitrogens with one attached hydrogen (secondary N) is 2. The lowest BCUT2D eigenvalue weighted by Gasteiger charge is -2.24. The first kappa shape index (κ1) is 26.3. The lowest BCUT2D eigenvalue weighted by atomic mass is 10.2. The average molecular weight is 528 g/mol. The normalized spacial score (nSPS) is 11.1. The van der Waals surface area contributed by atoms with E-state index in [9.17, 15) is 27.2 Å². The molecule has 0 aliphatic carbocycles. The lowest BCUT2D eigenvalue weighted by Crippen LogP contribution is -2.37. The molecule has 0 atom stereocenters. The number of nitrogens with zero attached hydrogens (tertiary/aromatic N) is 1. The Morgan fingerprint density at radius 1 is 0.943 bits per heavy atom. The van der Waals surface area contributed by atoms with E-state index in [-0.39, 0.29) is 35.8 Å². The number of benzene rings is 3. The van der Waals surface area contributed by atoms with Crippen LogP contribution in [0.3, 0.4) is 0 Å². The molecule has 0 aliphatic rings. The van der Waals surface area contributed by atoms with Gasteiger partial charge in [-0.3, -0.25) is 9.69 Å². The molecule has 5 nitrogen and oxygen atoms in total. The minimum absolute atomic E-state index is 0.0531. The number of carbonyl (C=O) groups is 2. The Bertz CT molecular complexity index is 1200. The van der Waals surface area contributed by atoms with Gasteiger partial charge in [0.2, 0.25) is 0 Å². The van der Waals surface area contributed by atoms with Crippen LogP contribution in [-0.4, -0.2) is 25.0 Å². The Hall–Kier alpha value is -3.30. The fourth-order valence-corrected chi connectivity index (χ4v) is 3.64. The summed E-state index contributed by atoms with van der Waals surface area (Å²) >= 11 is 11.9. The van der Waals surface area contributed by atoms with Crippen LogP contribution in [0.5, 0.6) is 0 Å². The van der Waals surface area contributed by atoms with Gasteiger partial charge in [-0.2, -0.15) is 13.2 Å². The van der Waals surface area contributed by atoms with E-state index in [0.29, 0.717) is 10.7 Å². The van der Waals surface area contributed by atoms with Crippen molar-refractivity contribution < 1.29 is 27.2 Å². The monoisotopic (exact) mass is 527 g/mol. The minimum Gasteiger partial charge on any atom is -0.352 e. The highest BCUT2D eigenvalue weighted by atomic mass is 35.5. The number of amides is 3. The molecular formula is C24H19Cl2F4N3O2. The van der Waals surface area contributed by atoms with Gasteiger partial charge < -0.3 is 10.6 Å². The Labute approximate surface area is 208 Å². The van der Waals surface area contributed by atoms with Crippen LogP contribution in [-0.2, 0) is 6.18 Å². The molecule has 0 saturated carbocycles. The van der Waals surface area contributed by atoms with E-state index in [1.807, 2.05) is 0 Å². The molecule has 35 heavy (non-hydrogen) atoms. The quantitative estimate of drug-likeness (QED) is 0.256. The molecule has 0 aliphatic heterocycles. The highest BCUT2D eigenvalue weighted by molar-refractivity contribution is 6.36. The van der Waals surface area contributed by atoms with Crippen molar-refractivity contribution in [3.05, 3.63) is 93.7 Å². The van der Waals surface area contributed by atoms with Gasteiger partial charge in [0, 0.05) is 29.5 Å². The van der Waals surface area contributed by atoms with Gasteiger partial charge in [-0.1, -0.05) is 29.3 Å². The highest BCUT2D eigenvalue weighted by Crippen LogP contribution is 2.31. The van der Waals surface area contributed by atoms with Crippen LogP contribution in [0, 0.1) is 5.82 Å². The van der Waals surface area contributed by atoms with E-state index < -0.39 is 29.5 Å². The van der Waals surface area contributed by atoms with E-state index in [4.69, 9.17) is 23.2 Å². The molecule has 184 valence electrons. The Morgan fingerprint density at radius 2 is 1.66 bits per heavy atom. The van der Waals surface area contributed by atoms with E-state index in [1.165, 1.54) is 47.4 Å². The summed E-state index contributed by atoms with van der Waals surface area (Å²) in [5, 5.41) is 5.68. The molecule has 0 fully saturated rings. The van der Waals surface area contributed by atoms with Crippen LogP contribution < -0.4 is 15.5 Å². The van der Waals surface area contributed by atoms with E-state index in [2.05, 4.69) is 10.6 Å². The molecule has 11 heteroatoms. The summed E-state index contributed by atoms with van der Waals surface area (Å²) in [4.78, 5) is 26.5. The van der Waals surface area contributed by atoms with Crippen LogP contribution in [0.1, 0.15) is 22.3 Å². The third kappa shape index (κ3) is 7.34. The topological polar surface area (TPSA) is 61.4 Å². The number of alkyl halides is 3. The van der Waals surface area contributed by atoms with E-state index >= 15 is 0 Å². The zero-order valence-corrected chi connectivity index (χ0v) is 19.5. The maximum Gasteiger partial charge on any atom is 0.416 e. The number of urea groups is 1. The van der Waals surface area contributed by atoms with E-state index in [1.54, 1.807) is 0 Å². The largest absolute Gasteiger partial charge is 0.416 e. The number of carbonyl (C=O) groups excluding carboxylic acids is 2. The first-order valence-electron chi connectivity index (χ1n) is 10.3. The average Bonchev–Trinajstić information content (AvgIpc) is 2.79. The first-order valence-corrected chi connectivity index (χ1v) is 11.0. The summed E-state index contributed by atoms with van der Waals surface area (Å²) in [6.45, 7) is 0.234. The second-order valence-corrected chi connectivity index (χ2v) is 8.21. The fraction of sp³-hybridized carbons (Fsp3) is 0.167. The molecule has 0 saturated heterocycles. The van der Waals surface area contributed by atoms with Gasteiger partial charge in [-0.05, 0) is 67.1 Å². The number of anilines is 2. The van der Waals surface area contributed by atoms with Crippen molar-refractivity contribution in [2.75, 3.05) is 23.3 Å². The second kappa shape index (κ2) is 11.4. The molecule has 0 aromatic heterocycles.